The summed E-state index contributed by atoms with van der Waals surface area (Å²) in [7, 11) is 0. The Labute approximate surface area is 185 Å². The Bertz CT molecular complexity index is 1350. The molecule has 4 aromatic rings. The number of benzene rings is 1. The van der Waals surface area contributed by atoms with Crippen molar-refractivity contribution in [2.24, 2.45) is 0 Å². The van der Waals surface area contributed by atoms with Crippen LogP contribution in [-0.4, -0.2) is 44.5 Å². The first kappa shape index (κ1) is 19.6. The molecule has 1 fully saturated rings. The van der Waals surface area contributed by atoms with E-state index in [9.17, 15) is 9.18 Å². The van der Waals surface area contributed by atoms with Gasteiger partial charge in [0.25, 0.3) is 5.56 Å². The zero-order valence-corrected chi connectivity index (χ0v) is 17.9. The maximum Gasteiger partial charge on any atom is 0.251 e. The number of nitrogens with one attached hydrogen (secondary N) is 1. The molecule has 7 heteroatoms. The van der Waals surface area contributed by atoms with Gasteiger partial charge in [0.15, 0.2) is 0 Å². The number of aromatic nitrogens is 3. The normalized spacial score (nSPS) is 19.3. The number of fused-ring (bicyclic) bond motifs is 1. The maximum absolute atomic E-state index is 14.7. The minimum absolute atomic E-state index is 0.0280. The average molecular weight is 432 g/mol. The Morgan fingerprint density at radius 1 is 1.09 bits per heavy atom. The highest BCUT2D eigenvalue weighted by Crippen LogP contribution is 2.35. The molecule has 1 atom stereocenters. The monoisotopic (exact) mass is 431 g/mol. The number of hydrogen-bond donors (Lipinski definition) is 1. The second-order valence-corrected chi connectivity index (χ2v) is 9.06. The molecular formula is C25H26FN5O. The molecule has 6 nitrogen and oxygen atoms in total. The van der Waals surface area contributed by atoms with Crippen LogP contribution in [0.25, 0.3) is 16.6 Å². The van der Waals surface area contributed by atoms with E-state index >= 15 is 0 Å². The van der Waals surface area contributed by atoms with Gasteiger partial charge in [-0.05, 0) is 61.1 Å². The van der Waals surface area contributed by atoms with Crippen LogP contribution in [0.5, 0.6) is 0 Å². The van der Waals surface area contributed by atoms with Gasteiger partial charge >= 0.3 is 0 Å². The first-order valence-corrected chi connectivity index (χ1v) is 11.3. The van der Waals surface area contributed by atoms with Gasteiger partial charge in [-0.15, -0.1) is 0 Å². The minimum Gasteiger partial charge on any atom is -0.310 e. The van der Waals surface area contributed by atoms with Gasteiger partial charge in [-0.2, -0.15) is 0 Å². The van der Waals surface area contributed by atoms with Crippen LogP contribution in [0.2, 0.25) is 0 Å². The predicted octanol–water partition coefficient (Wildman–Crippen LogP) is 3.14. The number of halogens is 1. The summed E-state index contributed by atoms with van der Waals surface area (Å²) in [4.78, 5) is 19.1. The highest BCUT2D eigenvalue weighted by Gasteiger charge is 2.31. The van der Waals surface area contributed by atoms with Crippen molar-refractivity contribution in [1.29, 1.82) is 0 Å². The lowest BCUT2D eigenvalue weighted by atomic mass is 9.97. The Kier molecular flexibility index (Phi) is 4.81. The second-order valence-electron chi connectivity index (χ2n) is 9.06. The zero-order chi connectivity index (χ0) is 21.7. The number of pyridine rings is 2. The van der Waals surface area contributed by atoms with E-state index in [0.717, 1.165) is 61.1 Å². The van der Waals surface area contributed by atoms with E-state index in [1.165, 1.54) is 5.56 Å². The molecule has 3 aromatic heterocycles. The molecule has 1 N–H and O–H groups in total. The Hall–Kier alpha value is -3.03. The molecule has 1 aromatic carbocycles. The van der Waals surface area contributed by atoms with Gasteiger partial charge in [-0.25, -0.2) is 9.37 Å². The summed E-state index contributed by atoms with van der Waals surface area (Å²) in [5.74, 6) is -0.161. The smallest absolute Gasteiger partial charge is 0.251 e. The van der Waals surface area contributed by atoms with E-state index in [2.05, 4.69) is 27.5 Å². The molecule has 0 aliphatic carbocycles. The first-order chi connectivity index (χ1) is 15.7. The van der Waals surface area contributed by atoms with Crippen LogP contribution in [0.4, 0.5) is 4.39 Å². The quantitative estimate of drug-likeness (QED) is 0.528. The van der Waals surface area contributed by atoms with Gasteiger partial charge < -0.3 is 19.2 Å². The Balaban J connectivity index is 1.08. The van der Waals surface area contributed by atoms with Crippen molar-refractivity contribution in [3.63, 3.8) is 0 Å². The van der Waals surface area contributed by atoms with E-state index in [1.807, 2.05) is 22.9 Å². The topological polar surface area (TPSA) is 54.6 Å². The van der Waals surface area contributed by atoms with Crippen molar-refractivity contribution in [2.75, 3.05) is 19.6 Å². The third-order valence-corrected chi connectivity index (χ3v) is 7.06. The third kappa shape index (κ3) is 3.42. The summed E-state index contributed by atoms with van der Waals surface area (Å²) in [6.07, 6.45) is 8.04. The Morgan fingerprint density at radius 3 is 2.81 bits per heavy atom. The van der Waals surface area contributed by atoms with Gasteiger partial charge in [0.1, 0.15) is 11.5 Å². The minimum atomic E-state index is -0.189. The molecule has 164 valence electrons. The molecule has 2 aliphatic heterocycles. The van der Waals surface area contributed by atoms with E-state index in [4.69, 9.17) is 0 Å². The fourth-order valence-corrected chi connectivity index (χ4v) is 5.39. The largest absolute Gasteiger partial charge is 0.310 e. The average Bonchev–Trinajstić information content (AvgIpc) is 3.43. The van der Waals surface area contributed by atoms with Crippen molar-refractivity contribution in [2.45, 2.75) is 37.9 Å². The molecule has 2 aliphatic rings. The predicted molar refractivity (Wildman–Crippen MR) is 122 cm³/mol. The van der Waals surface area contributed by atoms with Crippen LogP contribution >= 0.6 is 0 Å². The van der Waals surface area contributed by atoms with E-state index in [0.29, 0.717) is 12.6 Å². The molecule has 0 amide bonds. The highest BCUT2D eigenvalue weighted by atomic mass is 19.1. The molecule has 6 rings (SSSR count). The maximum atomic E-state index is 14.7. The zero-order valence-electron chi connectivity index (χ0n) is 17.9. The SMILES string of the molecule is O=c1ccc2ccc(F)c3c2n1C[C@H]3CN1CCC(NCc2ccc3nccn3c2)CC1. The van der Waals surface area contributed by atoms with Gasteiger partial charge in [0, 0.05) is 61.8 Å². The van der Waals surface area contributed by atoms with Gasteiger partial charge in [-0.3, -0.25) is 4.79 Å². The van der Waals surface area contributed by atoms with Crippen molar-refractivity contribution in [1.82, 2.24) is 24.2 Å². The molecule has 0 bridgehead atoms. The van der Waals surface area contributed by atoms with Crippen molar-refractivity contribution in [3.05, 3.63) is 82.3 Å². The second kappa shape index (κ2) is 7.83. The number of hydrogen-bond acceptors (Lipinski definition) is 4. The summed E-state index contributed by atoms with van der Waals surface area (Å²) in [5, 5.41) is 4.63. The van der Waals surface area contributed by atoms with Crippen molar-refractivity contribution < 1.29 is 4.39 Å². The van der Waals surface area contributed by atoms with Crippen LogP contribution in [0.15, 0.2) is 59.8 Å². The standard InChI is InChI=1S/C25H26FN5O/c26-21-4-2-18-3-6-23(32)31-16-19(24(21)25(18)31)15-29-10-7-20(8-11-29)28-13-17-1-5-22-27-9-12-30(22)14-17/h1-6,9,12,14,19-20,28H,7-8,10-11,13,15-16H2/t19-/m1/s1. The molecular weight excluding hydrogens is 405 g/mol. The number of nitrogens with zero attached hydrogens (tertiary/aromatic N) is 4. The first-order valence-electron chi connectivity index (χ1n) is 11.3. The fourth-order valence-electron chi connectivity index (χ4n) is 5.39. The fraction of sp³-hybridized carbons (Fsp3) is 0.360. The molecule has 32 heavy (non-hydrogen) atoms. The van der Waals surface area contributed by atoms with Gasteiger partial charge in [0.05, 0.1) is 5.52 Å². The van der Waals surface area contributed by atoms with Crippen LogP contribution in [0.3, 0.4) is 0 Å². The molecule has 0 spiro atoms. The molecule has 1 saturated heterocycles. The number of likely N-dealkylation sites (tertiary alicyclic amines) is 1. The molecule has 0 saturated carbocycles. The van der Waals surface area contributed by atoms with Crippen LogP contribution in [0, 0.1) is 5.82 Å². The third-order valence-electron chi connectivity index (χ3n) is 7.06. The van der Waals surface area contributed by atoms with Crippen LogP contribution < -0.4 is 10.9 Å². The van der Waals surface area contributed by atoms with Gasteiger partial charge in [-0.1, -0.05) is 6.07 Å². The lowest BCUT2D eigenvalue weighted by molar-refractivity contribution is 0.184. The number of imidazole rings is 1. The summed E-state index contributed by atoms with van der Waals surface area (Å²) in [5.41, 5.74) is 3.68. The van der Waals surface area contributed by atoms with Crippen LogP contribution in [0.1, 0.15) is 29.9 Å². The van der Waals surface area contributed by atoms with E-state index in [-0.39, 0.29) is 17.3 Å². The van der Waals surface area contributed by atoms with Crippen LogP contribution in [-0.2, 0) is 13.1 Å². The number of rotatable bonds is 5. The molecule has 0 unspecified atom stereocenters. The summed E-state index contributed by atoms with van der Waals surface area (Å²) < 4.78 is 18.5. The molecule has 0 radical (unpaired) electrons. The van der Waals surface area contributed by atoms with Crippen molar-refractivity contribution in [3.8, 4) is 0 Å². The summed E-state index contributed by atoms with van der Waals surface area (Å²) >= 11 is 0. The lowest BCUT2D eigenvalue weighted by Crippen LogP contribution is -2.43. The van der Waals surface area contributed by atoms with E-state index < -0.39 is 0 Å². The summed E-state index contributed by atoms with van der Waals surface area (Å²) in [6, 6.07) is 11.4. The lowest BCUT2D eigenvalue weighted by Gasteiger charge is -2.34. The van der Waals surface area contributed by atoms with Crippen molar-refractivity contribution >= 4 is 16.6 Å². The molecule has 5 heterocycles. The van der Waals surface area contributed by atoms with Gasteiger partial charge in [0.2, 0.25) is 0 Å². The van der Waals surface area contributed by atoms with E-state index in [1.54, 1.807) is 28.8 Å². The Morgan fingerprint density at radius 2 is 1.94 bits per heavy atom. The highest BCUT2D eigenvalue weighted by molar-refractivity contribution is 5.84. The number of piperidine rings is 1. The summed E-state index contributed by atoms with van der Waals surface area (Å²) in [6.45, 7) is 4.17.